The maximum atomic E-state index is 12.0. The van der Waals surface area contributed by atoms with Gasteiger partial charge in [0, 0.05) is 23.7 Å². The van der Waals surface area contributed by atoms with Gasteiger partial charge >= 0.3 is 12.1 Å². The zero-order valence-corrected chi connectivity index (χ0v) is 17.6. The fraction of sp³-hybridized carbons (Fsp3) is 0.333. The Morgan fingerprint density at radius 3 is 2.70 bits per heavy atom. The molecule has 9 heteroatoms. The number of benzene rings is 1. The van der Waals surface area contributed by atoms with E-state index in [1.54, 1.807) is 24.8 Å². The molecule has 3 rings (SSSR count). The summed E-state index contributed by atoms with van der Waals surface area (Å²) in [5.74, 6) is 0.368. The minimum atomic E-state index is -0.429. The number of esters is 1. The highest BCUT2D eigenvalue weighted by molar-refractivity contribution is 6.31. The first-order valence-corrected chi connectivity index (χ1v) is 9.84. The first-order valence-electron chi connectivity index (χ1n) is 9.46. The summed E-state index contributed by atoms with van der Waals surface area (Å²) in [6.07, 6.45) is 2.10. The molecule has 0 spiro atoms. The number of halogens is 1. The summed E-state index contributed by atoms with van der Waals surface area (Å²) in [6.45, 7) is 8.17. The molecule has 2 aromatic rings. The van der Waals surface area contributed by atoms with Crippen LogP contribution in [-0.2, 0) is 20.7 Å². The number of nitrogens with zero attached hydrogens (tertiary/aromatic N) is 3. The summed E-state index contributed by atoms with van der Waals surface area (Å²) in [7, 11) is 0. The molecule has 0 fully saturated rings. The quantitative estimate of drug-likeness (QED) is 0.498. The second-order valence-electron chi connectivity index (χ2n) is 6.71. The molecule has 1 aliphatic heterocycles. The van der Waals surface area contributed by atoms with E-state index < -0.39 is 12.1 Å². The Labute approximate surface area is 179 Å². The summed E-state index contributed by atoms with van der Waals surface area (Å²) in [6, 6.07) is 5.45. The molecule has 0 radical (unpaired) electrons. The van der Waals surface area contributed by atoms with Crippen molar-refractivity contribution in [2.45, 2.75) is 26.7 Å². The van der Waals surface area contributed by atoms with Gasteiger partial charge in [0.2, 0.25) is 11.8 Å². The van der Waals surface area contributed by atoms with Crippen LogP contribution in [0.1, 0.15) is 31.7 Å². The number of rotatable bonds is 6. The smallest absolute Gasteiger partial charge is 0.415 e. The molecule has 1 amide bonds. The van der Waals surface area contributed by atoms with Crippen molar-refractivity contribution >= 4 is 29.2 Å². The fourth-order valence-corrected chi connectivity index (χ4v) is 3.22. The molecular formula is C21H22ClN3O5. The fourth-order valence-electron chi connectivity index (χ4n) is 2.99. The first kappa shape index (κ1) is 21.6. The Kier molecular flexibility index (Phi) is 6.89. The standard InChI is InChI=1S/C21H22ClN3O5/c1-4-28-19(26)12-18-23-24-20(30-18)16-9-15(10-17(22)11-16)14-5-7-25(8-6-14)21(27)29-13(2)3/h5,9-11H,2,4,6-8,12H2,1,3H3. The van der Waals surface area contributed by atoms with Crippen LogP contribution in [0.2, 0.25) is 5.02 Å². The van der Waals surface area contributed by atoms with Crippen LogP contribution in [0.25, 0.3) is 17.0 Å². The van der Waals surface area contributed by atoms with E-state index in [1.165, 1.54) is 0 Å². The maximum absolute atomic E-state index is 12.0. The topological polar surface area (TPSA) is 94.8 Å². The number of carbonyl (C=O) groups excluding carboxylic acids is 2. The van der Waals surface area contributed by atoms with E-state index in [0.717, 1.165) is 11.1 Å². The van der Waals surface area contributed by atoms with Gasteiger partial charge < -0.3 is 18.8 Å². The molecule has 1 aromatic heterocycles. The molecule has 8 nitrogen and oxygen atoms in total. The highest BCUT2D eigenvalue weighted by atomic mass is 35.5. The van der Waals surface area contributed by atoms with Gasteiger partial charge in [-0.1, -0.05) is 24.3 Å². The predicted molar refractivity (Wildman–Crippen MR) is 111 cm³/mol. The summed E-state index contributed by atoms with van der Waals surface area (Å²) in [5, 5.41) is 8.42. The number of ether oxygens (including phenoxy) is 2. The molecule has 0 N–H and O–H groups in total. The molecule has 0 unspecified atom stereocenters. The zero-order chi connectivity index (χ0) is 21.7. The molecule has 2 heterocycles. The van der Waals surface area contributed by atoms with Crippen molar-refractivity contribution in [3.05, 3.63) is 53.1 Å². The van der Waals surface area contributed by atoms with Crippen molar-refractivity contribution in [1.29, 1.82) is 0 Å². The van der Waals surface area contributed by atoms with Gasteiger partial charge in [-0.3, -0.25) is 4.79 Å². The second-order valence-corrected chi connectivity index (χ2v) is 7.14. The van der Waals surface area contributed by atoms with E-state index in [9.17, 15) is 9.59 Å². The first-order chi connectivity index (χ1) is 14.4. The third-order valence-corrected chi connectivity index (χ3v) is 4.53. The summed E-state index contributed by atoms with van der Waals surface area (Å²) >= 11 is 6.30. The molecular weight excluding hydrogens is 410 g/mol. The predicted octanol–water partition coefficient (Wildman–Crippen LogP) is 4.25. The summed E-state index contributed by atoms with van der Waals surface area (Å²) < 4.78 is 15.5. The number of allylic oxidation sites excluding steroid dienone is 1. The van der Waals surface area contributed by atoms with Gasteiger partial charge in [0.1, 0.15) is 6.42 Å². The molecule has 1 aromatic carbocycles. The van der Waals surface area contributed by atoms with Crippen molar-refractivity contribution in [1.82, 2.24) is 15.1 Å². The average molecular weight is 432 g/mol. The minimum Gasteiger partial charge on any atom is -0.466 e. The normalized spacial score (nSPS) is 13.6. The number of hydrogen-bond donors (Lipinski definition) is 0. The molecule has 1 aliphatic rings. The van der Waals surface area contributed by atoms with Crippen LogP contribution in [-0.4, -0.2) is 46.9 Å². The Balaban J connectivity index is 1.76. The van der Waals surface area contributed by atoms with Gasteiger partial charge in [-0.2, -0.15) is 0 Å². The molecule has 158 valence electrons. The highest BCUT2D eigenvalue weighted by Crippen LogP contribution is 2.30. The number of hydrogen-bond acceptors (Lipinski definition) is 7. The van der Waals surface area contributed by atoms with Crippen molar-refractivity contribution in [3.8, 4) is 11.5 Å². The monoisotopic (exact) mass is 431 g/mol. The zero-order valence-electron chi connectivity index (χ0n) is 16.8. The largest absolute Gasteiger partial charge is 0.466 e. The highest BCUT2D eigenvalue weighted by Gasteiger charge is 2.20. The van der Waals surface area contributed by atoms with Gasteiger partial charge in [-0.15, -0.1) is 10.2 Å². The number of amides is 1. The average Bonchev–Trinajstić information content (AvgIpc) is 3.15. The Bertz CT molecular complexity index is 998. The molecule has 0 saturated heterocycles. The molecule has 0 bridgehead atoms. The van der Waals surface area contributed by atoms with E-state index in [1.807, 2.05) is 18.2 Å². The van der Waals surface area contributed by atoms with Crippen LogP contribution in [0.4, 0.5) is 4.79 Å². The van der Waals surface area contributed by atoms with E-state index >= 15 is 0 Å². The van der Waals surface area contributed by atoms with Crippen molar-refractivity contribution in [2.75, 3.05) is 19.7 Å². The lowest BCUT2D eigenvalue weighted by molar-refractivity contribution is -0.142. The van der Waals surface area contributed by atoms with Crippen LogP contribution in [0.3, 0.4) is 0 Å². The van der Waals surface area contributed by atoms with Gasteiger partial charge in [0.05, 0.1) is 12.4 Å². The number of aromatic nitrogens is 2. The van der Waals surface area contributed by atoms with E-state index in [0.29, 0.717) is 35.9 Å². The van der Waals surface area contributed by atoms with Crippen molar-refractivity contribution in [2.24, 2.45) is 0 Å². The lowest BCUT2D eigenvalue weighted by Gasteiger charge is -2.26. The third kappa shape index (κ3) is 5.48. The third-order valence-electron chi connectivity index (χ3n) is 4.31. The van der Waals surface area contributed by atoms with Gasteiger partial charge in [0.25, 0.3) is 0 Å². The SMILES string of the molecule is C=C(C)OC(=O)N1CC=C(c2cc(Cl)cc(-c3nnc(CC(=O)OCC)o3)c2)CC1. The van der Waals surface area contributed by atoms with Crippen molar-refractivity contribution in [3.63, 3.8) is 0 Å². The second kappa shape index (κ2) is 9.58. The van der Waals surface area contributed by atoms with Crippen LogP contribution in [0, 0.1) is 0 Å². The van der Waals surface area contributed by atoms with E-state index in [2.05, 4.69) is 16.8 Å². The minimum absolute atomic E-state index is 0.0878. The van der Waals surface area contributed by atoms with Crippen LogP contribution in [0.5, 0.6) is 0 Å². The van der Waals surface area contributed by atoms with Crippen LogP contribution >= 0.6 is 11.6 Å². The van der Waals surface area contributed by atoms with Gasteiger partial charge in [0.15, 0.2) is 0 Å². The Hall–Kier alpha value is -3.13. The van der Waals surface area contributed by atoms with Crippen LogP contribution < -0.4 is 0 Å². The summed E-state index contributed by atoms with van der Waals surface area (Å²) in [5.41, 5.74) is 2.59. The Morgan fingerprint density at radius 1 is 1.27 bits per heavy atom. The molecule has 0 aliphatic carbocycles. The number of carbonyl (C=O) groups is 2. The lowest BCUT2D eigenvalue weighted by Crippen LogP contribution is -2.34. The van der Waals surface area contributed by atoms with Crippen molar-refractivity contribution < 1.29 is 23.5 Å². The van der Waals surface area contributed by atoms with E-state index in [-0.39, 0.29) is 24.8 Å². The van der Waals surface area contributed by atoms with Crippen LogP contribution in [0.15, 0.2) is 41.0 Å². The van der Waals surface area contributed by atoms with Gasteiger partial charge in [-0.05, 0) is 49.6 Å². The van der Waals surface area contributed by atoms with Gasteiger partial charge in [-0.25, -0.2) is 4.79 Å². The summed E-state index contributed by atoms with van der Waals surface area (Å²) in [4.78, 5) is 25.2. The van der Waals surface area contributed by atoms with E-state index in [4.69, 9.17) is 25.5 Å². The maximum Gasteiger partial charge on any atom is 0.415 e. The molecule has 0 atom stereocenters. The Morgan fingerprint density at radius 2 is 2.03 bits per heavy atom. The molecule has 0 saturated carbocycles. The molecule has 30 heavy (non-hydrogen) atoms. The lowest BCUT2D eigenvalue weighted by atomic mass is 9.98.